The first kappa shape index (κ1) is 17.8. The summed E-state index contributed by atoms with van der Waals surface area (Å²) in [6, 6.07) is 0. The summed E-state index contributed by atoms with van der Waals surface area (Å²) < 4.78 is 1.47. The lowest BCUT2D eigenvalue weighted by atomic mass is 10.3. The molecule has 8 heteroatoms. The molecule has 0 fully saturated rings. The molecule has 120 valence electrons. The van der Waals surface area contributed by atoms with E-state index in [-0.39, 0.29) is 5.91 Å². The molecule has 1 rings (SSSR count). The maximum atomic E-state index is 11.8. The molecule has 7 nitrogen and oxygen atoms in total. The van der Waals surface area contributed by atoms with Gasteiger partial charge in [-0.05, 0) is 20.3 Å². The number of carbonyl (C=O) groups excluding carboxylic acids is 1. The zero-order valence-corrected chi connectivity index (χ0v) is 14.0. The van der Waals surface area contributed by atoms with Crippen LogP contribution in [-0.4, -0.2) is 52.7 Å². The predicted octanol–water partition coefficient (Wildman–Crippen LogP) is -0.923. The molecule has 0 aliphatic carbocycles. The number of amides is 1. The van der Waals surface area contributed by atoms with Crippen molar-refractivity contribution in [3.05, 3.63) is 5.82 Å². The van der Waals surface area contributed by atoms with Gasteiger partial charge in [0.15, 0.2) is 5.82 Å². The van der Waals surface area contributed by atoms with Crippen LogP contribution in [0.25, 0.3) is 0 Å². The van der Waals surface area contributed by atoms with Crippen molar-refractivity contribution in [1.82, 2.24) is 20.2 Å². The van der Waals surface area contributed by atoms with E-state index in [9.17, 15) is 4.79 Å². The van der Waals surface area contributed by atoms with E-state index in [4.69, 9.17) is 5.84 Å². The maximum absolute atomic E-state index is 11.8. The number of nitrogen functional groups attached to an aromatic ring is 1. The lowest BCUT2D eigenvalue weighted by Gasteiger charge is -2.15. The van der Waals surface area contributed by atoms with E-state index in [1.807, 2.05) is 0 Å². The molecule has 4 N–H and O–H groups in total. The topological polar surface area (TPSA) is 90.3 Å². The Balaban J connectivity index is 2.30. The summed E-state index contributed by atoms with van der Waals surface area (Å²) in [5.74, 6) is 6.96. The van der Waals surface area contributed by atoms with Crippen LogP contribution in [0, 0.1) is 0 Å². The molecule has 0 radical (unpaired) electrons. The molecule has 0 saturated heterocycles. The third kappa shape index (κ3) is 5.92. The van der Waals surface area contributed by atoms with Gasteiger partial charge in [0.2, 0.25) is 11.1 Å². The van der Waals surface area contributed by atoms with Gasteiger partial charge in [0.25, 0.3) is 0 Å². The van der Waals surface area contributed by atoms with Gasteiger partial charge in [-0.3, -0.25) is 4.79 Å². The van der Waals surface area contributed by atoms with Crippen LogP contribution >= 0.6 is 11.8 Å². The quantitative estimate of drug-likeness (QED) is 0.384. The average molecular weight is 315 g/mol. The number of quaternary nitrogens is 1. The molecule has 1 aromatic rings. The second kappa shape index (κ2) is 9.62. The molecule has 0 aromatic carbocycles. The Morgan fingerprint density at radius 2 is 2.05 bits per heavy atom. The fraction of sp³-hybridized carbons (Fsp3) is 0.769. The molecule has 0 spiro atoms. The highest BCUT2D eigenvalue weighted by Gasteiger charge is 2.11. The Morgan fingerprint density at radius 1 is 1.33 bits per heavy atom. The molecule has 21 heavy (non-hydrogen) atoms. The van der Waals surface area contributed by atoms with Gasteiger partial charge in [-0.15, -0.1) is 10.2 Å². The Labute approximate surface area is 130 Å². The van der Waals surface area contributed by atoms with Gasteiger partial charge < -0.3 is 16.1 Å². The molecule has 1 heterocycles. The summed E-state index contributed by atoms with van der Waals surface area (Å²) in [4.78, 5) is 13.3. The zero-order valence-electron chi connectivity index (χ0n) is 13.2. The number of hydrogen-bond donors (Lipinski definition) is 3. The van der Waals surface area contributed by atoms with Gasteiger partial charge in [0.1, 0.15) is 0 Å². The van der Waals surface area contributed by atoms with Crippen LogP contribution in [0.2, 0.25) is 0 Å². The third-order valence-corrected chi connectivity index (χ3v) is 4.28. The van der Waals surface area contributed by atoms with Crippen molar-refractivity contribution in [1.29, 1.82) is 0 Å². The van der Waals surface area contributed by atoms with Crippen molar-refractivity contribution in [3.63, 3.8) is 0 Å². The van der Waals surface area contributed by atoms with Gasteiger partial charge in [0.05, 0.1) is 31.9 Å². The fourth-order valence-electron chi connectivity index (χ4n) is 1.96. The van der Waals surface area contributed by atoms with E-state index in [1.165, 1.54) is 21.3 Å². The van der Waals surface area contributed by atoms with Crippen LogP contribution in [-0.2, 0) is 11.2 Å². The highest BCUT2D eigenvalue weighted by Crippen LogP contribution is 2.14. The van der Waals surface area contributed by atoms with Crippen LogP contribution in [0.3, 0.4) is 0 Å². The van der Waals surface area contributed by atoms with Crippen LogP contribution in [0.4, 0.5) is 0 Å². The maximum Gasteiger partial charge on any atom is 0.230 e. The summed E-state index contributed by atoms with van der Waals surface area (Å²) >= 11 is 1.32. The lowest BCUT2D eigenvalue weighted by Crippen LogP contribution is -3.12. The van der Waals surface area contributed by atoms with Crippen molar-refractivity contribution in [3.8, 4) is 0 Å². The zero-order chi connectivity index (χ0) is 15.7. The Hall–Kier alpha value is -1.28. The minimum absolute atomic E-state index is 0.00611. The number of thioether (sulfide) groups is 1. The summed E-state index contributed by atoms with van der Waals surface area (Å²) in [6.07, 6.45) is 1.76. The number of likely N-dealkylation sites (N-methyl/N-ethyl adjacent to an activating group) is 1. The van der Waals surface area contributed by atoms with Crippen molar-refractivity contribution >= 4 is 17.7 Å². The molecule has 1 amide bonds. The molecule has 0 aliphatic heterocycles. The predicted molar refractivity (Wildman–Crippen MR) is 84.8 cm³/mol. The molecule has 0 atom stereocenters. The molecule has 0 saturated carbocycles. The largest absolute Gasteiger partial charge is 0.350 e. The number of nitrogens with one attached hydrogen (secondary N) is 2. The van der Waals surface area contributed by atoms with Crippen LogP contribution in [0.1, 0.15) is 33.0 Å². The number of rotatable bonds is 10. The number of nitrogens with two attached hydrogens (primary N) is 1. The minimum atomic E-state index is 0.00611. The van der Waals surface area contributed by atoms with E-state index >= 15 is 0 Å². The van der Waals surface area contributed by atoms with Crippen molar-refractivity contribution in [2.45, 2.75) is 38.8 Å². The van der Waals surface area contributed by atoms with Gasteiger partial charge in [-0.1, -0.05) is 18.7 Å². The molecular weight excluding hydrogens is 288 g/mol. The van der Waals surface area contributed by atoms with Gasteiger partial charge in [-0.2, -0.15) is 0 Å². The first-order valence-corrected chi connectivity index (χ1v) is 8.53. The summed E-state index contributed by atoms with van der Waals surface area (Å²) in [7, 11) is 0. The molecular formula is C13H27N6OS+. The lowest BCUT2D eigenvalue weighted by molar-refractivity contribution is -0.895. The fourth-order valence-corrected chi connectivity index (χ4v) is 2.67. The molecule has 0 bridgehead atoms. The van der Waals surface area contributed by atoms with E-state index in [0.29, 0.717) is 17.5 Å². The Bertz CT molecular complexity index is 432. The highest BCUT2D eigenvalue weighted by molar-refractivity contribution is 7.99. The van der Waals surface area contributed by atoms with Gasteiger partial charge >= 0.3 is 0 Å². The summed E-state index contributed by atoms with van der Waals surface area (Å²) in [5, 5.41) is 11.5. The van der Waals surface area contributed by atoms with E-state index in [2.05, 4.69) is 36.3 Å². The normalized spacial score (nSPS) is 11.0. The third-order valence-electron chi connectivity index (χ3n) is 3.34. The molecule has 1 aromatic heterocycles. The smallest absolute Gasteiger partial charge is 0.230 e. The monoisotopic (exact) mass is 315 g/mol. The second-order valence-corrected chi connectivity index (χ2v) is 5.81. The first-order valence-electron chi connectivity index (χ1n) is 7.54. The summed E-state index contributed by atoms with van der Waals surface area (Å²) in [6.45, 7) is 10.2. The Kier molecular flexibility index (Phi) is 8.14. The molecule has 0 unspecified atom stereocenters. The summed E-state index contributed by atoms with van der Waals surface area (Å²) in [5.41, 5.74) is 0. The van der Waals surface area contributed by atoms with E-state index < -0.39 is 0 Å². The number of nitrogens with zero attached hydrogens (tertiary/aromatic N) is 3. The average Bonchev–Trinajstić information content (AvgIpc) is 2.83. The first-order chi connectivity index (χ1) is 10.1. The Morgan fingerprint density at radius 3 is 2.67 bits per heavy atom. The minimum Gasteiger partial charge on any atom is -0.350 e. The second-order valence-electron chi connectivity index (χ2n) is 4.86. The van der Waals surface area contributed by atoms with Crippen LogP contribution in [0.15, 0.2) is 5.16 Å². The number of aryl methyl sites for hydroxylation is 1. The number of aromatic nitrogens is 3. The van der Waals surface area contributed by atoms with Crippen LogP contribution in [0.5, 0.6) is 0 Å². The van der Waals surface area contributed by atoms with Crippen molar-refractivity contribution < 1.29 is 9.69 Å². The van der Waals surface area contributed by atoms with Gasteiger partial charge in [-0.25, -0.2) is 4.68 Å². The highest BCUT2D eigenvalue weighted by atomic mass is 32.2. The van der Waals surface area contributed by atoms with E-state index in [0.717, 1.165) is 38.3 Å². The van der Waals surface area contributed by atoms with Gasteiger partial charge in [0, 0.05) is 6.42 Å². The van der Waals surface area contributed by atoms with E-state index in [1.54, 1.807) is 0 Å². The van der Waals surface area contributed by atoms with Crippen LogP contribution < -0.4 is 16.1 Å². The van der Waals surface area contributed by atoms with Crippen molar-refractivity contribution in [2.24, 2.45) is 0 Å². The standard InChI is InChI=1S/C13H26N6OS/c1-4-7-11-16-17-13(19(11)14)21-10-12(20)15-8-9-18(5-2)6-3/h4-10,14H2,1-3H3,(H,15,20)/p+1. The number of hydrogen-bond acceptors (Lipinski definition) is 5. The SMILES string of the molecule is CCCc1nnc(SCC(=O)NCC[NH+](CC)CC)n1N. The number of carbonyl (C=O) groups is 1. The molecule has 0 aliphatic rings. The van der Waals surface area contributed by atoms with Crippen molar-refractivity contribution in [2.75, 3.05) is 37.8 Å².